The number of nitrogens with zero attached hydrogens (tertiary/aromatic N) is 9. The molecule has 1 amide bonds. The van der Waals surface area contributed by atoms with Crippen LogP contribution in [0.5, 0.6) is 0 Å². The Morgan fingerprint density at radius 2 is 2.03 bits per heavy atom. The second-order valence-electron chi connectivity index (χ2n) is 11.1. The van der Waals surface area contributed by atoms with Crippen LogP contribution in [0, 0.1) is 30.1 Å². The highest BCUT2D eigenvalue weighted by Gasteiger charge is 2.33. The third-order valence-electron chi connectivity index (χ3n) is 7.98. The number of aromatic nitrogens is 6. The average Bonchev–Trinajstić information content (AvgIpc) is 3.63. The number of likely N-dealkylation sites (tertiary alicyclic amines) is 1. The highest BCUT2D eigenvalue weighted by molar-refractivity contribution is 5.97. The van der Waals surface area contributed by atoms with Crippen LogP contribution in [0.15, 0.2) is 30.7 Å². The van der Waals surface area contributed by atoms with E-state index in [2.05, 4.69) is 41.8 Å². The summed E-state index contributed by atoms with van der Waals surface area (Å²) in [6.07, 6.45) is 8.31. The van der Waals surface area contributed by atoms with E-state index in [1.807, 2.05) is 39.4 Å². The molecule has 0 saturated carbocycles. The predicted octanol–water partition coefficient (Wildman–Crippen LogP) is 4.33. The Balaban J connectivity index is 1.30. The summed E-state index contributed by atoms with van der Waals surface area (Å²) in [5, 5.41) is 19.6. The number of hydrogen-bond donors (Lipinski definition) is 0. The summed E-state index contributed by atoms with van der Waals surface area (Å²) in [7, 11) is 0. The standard InChI is InChI=1S/C28H33N9O/c1-17(2)37-27-20(13-31-37)9-21(12-30-27)28(38)35-8-6-5-7-24(35)23-10-25-32-26(19(4)15-36(25)33-23)34-14-18(3)22(11-29)16-34/h9-10,12-13,15,17-18,22,24H,5-8,14,16H2,1-4H3/t18-,22+,24-/m0/s1. The first-order chi connectivity index (χ1) is 18.3. The fourth-order valence-electron chi connectivity index (χ4n) is 5.89. The number of rotatable bonds is 4. The van der Waals surface area contributed by atoms with E-state index in [0.29, 0.717) is 24.6 Å². The molecule has 0 aromatic carbocycles. The molecule has 3 atom stereocenters. The number of carbonyl (C=O) groups is 1. The minimum absolute atomic E-state index is 0.0168. The van der Waals surface area contributed by atoms with Crippen LogP contribution in [0.2, 0.25) is 0 Å². The zero-order valence-electron chi connectivity index (χ0n) is 22.4. The number of anilines is 1. The van der Waals surface area contributed by atoms with Crippen molar-refractivity contribution in [2.24, 2.45) is 11.8 Å². The molecule has 0 N–H and O–H groups in total. The Hall–Kier alpha value is -4.00. The molecule has 10 nitrogen and oxygen atoms in total. The molecule has 196 valence electrons. The van der Waals surface area contributed by atoms with Crippen LogP contribution in [0.3, 0.4) is 0 Å². The van der Waals surface area contributed by atoms with E-state index in [-0.39, 0.29) is 23.9 Å². The summed E-state index contributed by atoms with van der Waals surface area (Å²) < 4.78 is 3.69. The van der Waals surface area contributed by atoms with Gasteiger partial charge in [-0.05, 0) is 52.0 Å². The van der Waals surface area contributed by atoms with Gasteiger partial charge in [-0.2, -0.15) is 15.5 Å². The van der Waals surface area contributed by atoms with Crippen LogP contribution in [-0.4, -0.2) is 59.8 Å². The molecule has 2 aliphatic heterocycles. The molecule has 2 saturated heterocycles. The van der Waals surface area contributed by atoms with Crippen molar-refractivity contribution in [2.45, 2.75) is 59.0 Å². The van der Waals surface area contributed by atoms with Gasteiger partial charge in [0.25, 0.3) is 5.91 Å². The van der Waals surface area contributed by atoms with E-state index in [1.54, 1.807) is 12.4 Å². The van der Waals surface area contributed by atoms with Crippen LogP contribution in [0.1, 0.15) is 73.7 Å². The summed E-state index contributed by atoms with van der Waals surface area (Å²) in [5.41, 5.74) is 4.00. The van der Waals surface area contributed by atoms with E-state index in [4.69, 9.17) is 10.1 Å². The predicted molar refractivity (Wildman–Crippen MR) is 144 cm³/mol. The number of nitriles is 1. The SMILES string of the molecule is Cc1cn2nc([C@@H]3CCCCN3C(=O)c3cnc4c(cnn4C(C)C)c3)cc2nc1N1C[C@@H](C#N)[C@@H](C)C1. The lowest BCUT2D eigenvalue weighted by atomic mass is 9.98. The van der Waals surface area contributed by atoms with Crippen LogP contribution in [0.4, 0.5) is 5.82 Å². The van der Waals surface area contributed by atoms with E-state index >= 15 is 0 Å². The number of piperidine rings is 1. The first-order valence-corrected chi connectivity index (χ1v) is 13.5. The molecular formula is C28H33N9O. The third kappa shape index (κ3) is 4.06. The van der Waals surface area contributed by atoms with Crippen molar-refractivity contribution in [3.63, 3.8) is 0 Å². The fraction of sp³-hybridized carbons (Fsp3) is 0.500. The van der Waals surface area contributed by atoms with Gasteiger partial charge in [0.05, 0.1) is 35.5 Å². The molecule has 0 bridgehead atoms. The molecule has 2 fully saturated rings. The van der Waals surface area contributed by atoms with Gasteiger partial charge in [0.2, 0.25) is 0 Å². The number of amides is 1. The Labute approximate surface area is 221 Å². The fourth-order valence-corrected chi connectivity index (χ4v) is 5.89. The van der Waals surface area contributed by atoms with Crippen molar-refractivity contribution >= 4 is 28.4 Å². The van der Waals surface area contributed by atoms with Gasteiger partial charge in [-0.15, -0.1) is 0 Å². The maximum atomic E-state index is 13.7. The molecule has 0 unspecified atom stereocenters. The van der Waals surface area contributed by atoms with Gasteiger partial charge in [0.1, 0.15) is 5.82 Å². The van der Waals surface area contributed by atoms with Gasteiger partial charge < -0.3 is 9.80 Å². The van der Waals surface area contributed by atoms with Gasteiger partial charge in [-0.1, -0.05) is 6.92 Å². The molecule has 4 aromatic rings. The summed E-state index contributed by atoms with van der Waals surface area (Å²) in [6.45, 7) is 10.5. The van der Waals surface area contributed by atoms with Crippen molar-refractivity contribution in [3.8, 4) is 6.07 Å². The topological polar surface area (TPSA) is 108 Å². The van der Waals surface area contributed by atoms with Gasteiger partial charge >= 0.3 is 0 Å². The second kappa shape index (κ2) is 9.39. The molecule has 0 aliphatic carbocycles. The number of pyridine rings is 1. The summed E-state index contributed by atoms with van der Waals surface area (Å²) in [5.74, 6) is 1.21. The van der Waals surface area contributed by atoms with Crippen molar-refractivity contribution < 1.29 is 4.79 Å². The van der Waals surface area contributed by atoms with Crippen molar-refractivity contribution in [3.05, 3.63) is 47.5 Å². The zero-order valence-corrected chi connectivity index (χ0v) is 22.4. The van der Waals surface area contributed by atoms with E-state index in [9.17, 15) is 10.1 Å². The van der Waals surface area contributed by atoms with Crippen LogP contribution in [-0.2, 0) is 0 Å². The number of aryl methyl sites for hydroxylation is 1. The minimum Gasteiger partial charge on any atom is -0.355 e. The maximum Gasteiger partial charge on any atom is 0.256 e. The molecule has 38 heavy (non-hydrogen) atoms. The quantitative estimate of drug-likeness (QED) is 0.401. The highest BCUT2D eigenvalue weighted by Crippen LogP contribution is 2.34. The van der Waals surface area contributed by atoms with Crippen LogP contribution >= 0.6 is 0 Å². The van der Waals surface area contributed by atoms with E-state index in [1.165, 1.54) is 0 Å². The lowest BCUT2D eigenvalue weighted by Crippen LogP contribution is -2.38. The Morgan fingerprint density at radius 1 is 1.18 bits per heavy atom. The molecule has 0 radical (unpaired) electrons. The Bertz CT molecular complexity index is 1560. The average molecular weight is 512 g/mol. The first-order valence-electron chi connectivity index (χ1n) is 13.5. The van der Waals surface area contributed by atoms with Crippen LogP contribution in [0.25, 0.3) is 16.7 Å². The van der Waals surface area contributed by atoms with E-state index in [0.717, 1.165) is 59.6 Å². The molecule has 0 spiro atoms. The third-order valence-corrected chi connectivity index (χ3v) is 7.98. The summed E-state index contributed by atoms with van der Waals surface area (Å²) in [4.78, 5) is 27.4. The molecule has 4 aromatic heterocycles. The van der Waals surface area contributed by atoms with E-state index < -0.39 is 0 Å². The van der Waals surface area contributed by atoms with Crippen molar-refractivity contribution in [2.75, 3.05) is 24.5 Å². The monoisotopic (exact) mass is 511 g/mol. The van der Waals surface area contributed by atoms with Gasteiger partial charge in [-0.25, -0.2) is 19.2 Å². The molecule has 10 heteroatoms. The highest BCUT2D eigenvalue weighted by atomic mass is 16.2. The Morgan fingerprint density at radius 3 is 2.79 bits per heavy atom. The normalized spacial score (nSPS) is 22.1. The molecule has 6 rings (SSSR count). The minimum atomic E-state index is -0.120. The summed E-state index contributed by atoms with van der Waals surface area (Å²) >= 11 is 0. The number of fused-ring (bicyclic) bond motifs is 2. The number of hydrogen-bond acceptors (Lipinski definition) is 7. The lowest BCUT2D eigenvalue weighted by molar-refractivity contribution is 0.0605. The first kappa shape index (κ1) is 24.3. The largest absolute Gasteiger partial charge is 0.355 e. The second-order valence-corrected chi connectivity index (χ2v) is 11.1. The summed E-state index contributed by atoms with van der Waals surface area (Å²) in [6, 6.07) is 6.41. The lowest BCUT2D eigenvalue weighted by Gasteiger charge is -2.34. The molecule has 6 heterocycles. The van der Waals surface area contributed by atoms with Crippen molar-refractivity contribution in [1.82, 2.24) is 34.3 Å². The molecule has 2 aliphatic rings. The van der Waals surface area contributed by atoms with Gasteiger partial charge in [-0.3, -0.25) is 4.79 Å². The van der Waals surface area contributed by atoms with Crippen molar-refractivity contribution in [1.29, 1.82) is 5.26 Å². The van der Waals surface area contributed by atoms with Crippen LogP contribution < -0.4 is 4.90 Å². The Kier molecular flexibility index (Phi) is 6.01. The smallest absolute Gasteiger partial charge is 0.256 e. The maximum absolute atomic E-state index is 13.7. The zero-order chi connectivity index (χ0) is 26.6. The molecular weight excluding hydrogens is 478 g/mol. The van der Waals surface area contributed by atoms with Gasteiger partial charge in [0, 0.05) is 55.1 Å². The number of carbonyl (C=O) groups excluding carboxylic acids is 1. The van der Waals surface area contributed by atoms with Gasteiger partial charge in [0.15, 0.2) is 11.3 Å².